The molecule has 0 aliphatic heterocycles. The van der Waals surface area contributed by atoms with E-state index < -0.39 is 10.3 Å². The third-order valence-electron chi connectivity index (χ3n) is 2.15. The molecule has 0 bridgehead atoms. The number of alkyl halides is 1. The third kappa shape index (κ3) is 3.59. The fraction of sp³-hybridized carbons (Fsp3) is 1.00. The Balaban J connectivity index is 0.00000144. The van der Waals surface area contributed by atoms with Crippen LogP contribution in [0.2, 0.25) is 0 Å². The first-order valence-corrected chi connectivity index (χ1v) is 5.79. The van der Waals surface area contributed by atoms with E-state index in [9.17, 15) is 8.42 Å². The Morgan fingerprint density at radius 3 is 2.15 bits per heavy atom. The highest BCUT2D eigenvalue weighted by atomic mass is 35.5. The fourth-order valence-electron chi connectivity index (χ4n) is 1.54. The zero-order valence-corrected chi connectivity index (χ0v) is 9.41. The van der Waals surface area contributed by atoms with Gasteiger partial charge in [-0.05, 0) is 12.8 Å². The number of rotatable bonds is 3. The van der Waals surface area contributed by atoms with Gasteiger partial charge in [-0.3, -0.25) is 4.55 Å². The van der Waals surface area contributed by atoms with Crippen LogP contribution in [0.15, 0.2) is 0 Å². The Labute approximate surface area is 89.5 Å². The van der Waals surface area contributed by atoms with Crippen LogP contribution in [0, 0.1) is 0 Å². The molecule has 4 nitrogen and oxygen atoms in total. The summed E-state index contributed by atoms with van der Waals surface area (Å²) in [5, 5.41) is 0. The quantitative estimate of drug-likeness (QED) is 0.470. The highest BCUT2D eigenvalue weighted by molar-refractivity contribution is 7.83. The zero-order chi connectivity index (χ0) is 9.19. The number of nitrogens with zero attached hydrogens (tertiary/aromatic N) is 1. The van der Waals surface area contributed by atoms with Gasteiger partial charge in [-0.25, -0.2) is 0 Å². The van der Waals surface area contributed by atoms with E-state index in [4.69, 9.17) is 16.2 Å². The second-order valence-electron chi connectivity index (χ2n) is 2.92. The molecule has 1 saturated carbocycles. The molecule has 0 aromatic rings. The van der Waals surface area contributed by atoms with Gasteiger partial charge in [0, 0.05) is 6.04 Å². The summed E-state index contributed by atoms with van der Waals surface area (Å²) in [6.07, 6.45) is 3.61. The van der Waals surface area contributed by atoms with E-state index in [1.54, 1.807) is 0 Å². The molecule has 80 valence electrons. The van der Waals surface area contributed by atoms with Crippen LogP contribution in [0.25, 0.3) is 0 Å². The Hall–Kier alpha value is 0.450. The molecule has 1 fully saturated rings. The zero-order valence-electron chi connectivity index (χ0n) is 7.02. The Morgan fingerprint density at radius 2 is 1.85 bits per heavy atom. The van der Waals surface area contributed by atoms with Crippen molar-refractivity contribution in [1.29, 1.82) is 0 Å². The second-order valence-corrected chi connectivity index (χ2v) is 4.53. The van der Waals surface area contributed by atoms with E-state index in [2.05, 4.69) is 0 Å². The lowest BCUT2D eigenvalue weighted by Crippen LogP contribution is -2.37. The van der Waals surface area contributed by atoms with Gasteiger partial charge in [0.15, 0.2) is 0 Å². The average Bonchev–Trinajstić information content (AvgIpc) is 2.38. The lowest BCUT2D eigenvalue weighted by molar-refractivity contribution is 0.316. The van der Waals surface area contributed by atoms with Crippen molar-refractivity contribution in [2.24, 2.45) is 0 Å². The third-order valence-corrected chi connectivity index (χ3v) is 3.57. The summed E-state index contributed by atoms with van der Waals surface area (Å²) in [5.74, 6) is 0. The van der Waals surface area contributed by atoms with Gasteiger partial charge in [0.25, 0.3) is 0 Å². The summed E-state index contributed by atoms with van der Waals surface area (Å²) in [7, 11) is -4.10. The standard InChI is InChI=1S/C6H12ClNO3S.ClH/c7-5-8(12(9,10)11)6-3-1-2-4-6;/h6H,1-5H2,(H,9,10,11);1H. The largest absolute Gasteiger partial charge is 0.337 e. The molecule has 0 radical (unpaired) electrons. The molecule has 1 N–H and O–H groups in total. The lowest BCUT2D eigenvalue weighted by atomic mass is 10.3. The van der Waals surface area contributed by atoms with E-state index in [0.717, 1.165) is 30.0 Å². The molecular weight excluding hydrogens is 237 g/mol. The van der Waals surface area contributed by atoms with Crippen molar-refractivity contribution in [3.05, 3.63) is 0 Å². The highest BCUT2D eigenvalue weighted by Gasteiger charge is 2.29. The molecular formula is C6H13Cl2NO3S. The van der Waals surface area contributed by atoms with Crippen LogP contribution in [0.1, 0.15) is 25.7 Å². The molecule has 1 aliphatic carbocycles. The first-order chi connectivity index (χ1) is 5.55. The summed E-state index contributed by atoms with van der Waals surface area (Å²) >= 11 is 5.42. The summed E-state index contributed by atoms with van der Waals surface area (Å²) in [5.41, 5.74) is 0. The average molecular weight is 250 g/mol. The summed E-state index contributed by atoms with van der Waals surface area (Å²) in [4.78, 5) is 0. The highest BCUT2D eigenvalue weighted by Crippen LogP contribution is 2.25. The van der Waals surface area contributed by atoms with Crippen LogP contribution in [0.5, 0.6) is 0 Å². The van der Waals surface area contributed by atoms with Crippen LogP contribution in [-0.2, 0) is 10.3 Å². The molecule has 0 amide bonds. The van der Waals surface area contributed by atoms with Gasteiger partial charge in [0.1, 0.15) is 0 Å². The maximum absolute atomic E-state index is 10.7. The molecule has 0 saturated heterocycles. The summed E-state index contributed by atoms with van der Waals surface area (Å²) in [6.45, 7) is 0. The Morgan fingerprint density at radius 1 is 1.38 bits per heavy atom. The van der Waals surface area contributed by atoms with E-state index >= 15 is 0 Å². The van der Waals surface area contributed by atoms with Crippen molar-refractivity contribution in [2.45, 2.75) is 31.7 Å². The Kier molecular flexibility index (Phi) is 5.55. The van der Waals surface area contributed by atoms with Gasteiger partial charge in [0.2, 0.25) is 0 Å². The topological polar surface area (TPSA) is 57.6 Å². The molecule has 0 unspecified atom stereocenters. The molecule has 0 aromatic carbocycles. The predicted molar refractivity (Wildman–Crippen MR) is 53.6 cm³/mol. The fourth-order valence-corrected chi connectivity index (χ4v) is 2.82. The maximum atomic E-state index is 10.7. The van der Waals surface area contributed by atoms with Crippen LogP contribution in [-0.4, -0.2) is 29.3 Å². The predicted octanol–water partition coefficient (Wildman–Crippen LogP) is 1.65. The van der Waals surface area contributed by atoms with E-state index in [1.165, 1.54) is 0 Å². The van der Waals surface area contributed by atoms with E-state index in [0.29, 0.717) is 0 Å². The van der Waals surface area contributed by atoms with E-state index in [-0.39, 0.29) is 24.5 Å². The first-order valence-electron chi connectivity index (χ1n) is 3.86. The van der Waals surface area contributed by atoms with Crippen LogP contribution in [0.3, 0.4) is 0 Å². The van der Waals surface area contributed by atoms with Crippen molar-refractivity contribution >= 4 is 34.3 Å². The van der Waals surface area contributed by atoms with Gasteiger partial charge >= 0.3 is 10.3 Å². The molecule has 1 rings (SSSR count). The van der Waals surface area contributed by atoms with Crippen LogP contribution < -0.4 is 0 Å². The van der Waals surface area contributed by atoms with Gasteiger partial charge in [-0.15, -0.1) is 24.0 Å². The summed E-state index contributed by atoms with van der Waals surface area (Å²) < 4.78 is 31.2. The van der Waals surface area contributed by atoms with Crippen molar-refractivity contribution in [1.82, 2.24) is 4.31 Å². The number of hydrogen-bond acceptors (Lipinski definition) is 2. The molecule has 0 heterocycles. The normalized spacial score (nSPS) is 19.0. The van der Waals surface area contributed by atoms with Gasteiger partial charge in [-0.2, -0.15) is 12.7 Å². The van der Waals surface area contributed by atoms with Crippen molar-refractivity contribution < 1.29 is 13.0 Å². The number of halogens is 2. The second kappa shape index (κ2) is 5.36. The lowest BCUT2D eigenvalue weighted by Gasteiger charge is -2.21. The van der Waals surface area contributed by atoms with Gasteiger partial charge < -0.3 is 0 Å². The van der Waals surface area contributed by atoms with E-state index in [1.807, 2.05) is 0 Å². The minimum absolute atomic E-state index is 0. The van der Waals surface area contributed by atoms with Crippen molar-refractivity contribution in [3.8, 4) is 0 Å². The van der Waals surface area contributed by atoms with Crippen LogP contribution in [0.4, 0.5) is 0 Å². The monoisotopic (exact) mass is 249 g/mol. The molecule has 0 atom stereocenters. The smallest absolute Gasteiger partial charge is 0.273 e. The first kappa shape index (κ1) is 13.4. The van der Waals surface area contributed by atoms with Gasteiger partial charge in [-0.1, -0.05) is 12.8 Å². The number of hydrogen-bond donors (Lipinski definition) is 1. The molecule has 0 spiro atoms. The minimum atomic E-state index is -4.10. The van der Waals surface area contributed by atoms with Crippen molar-refractivity contribution in [2.75, 3.05) is 6.00 Å². The van der Waals surface area contributed by atoms with Crippen molar-refractivity contribution in [3.63, 3.8) is 0 Å². The molecule has 7 heteroatoms. The molecule has 0 aromatic heterocycles. The molecule has 1 aliphatic rings. The SMILES string of the molecule is Cl.O=S(=O)(O)N(CCl)C1CCCC1. The maximum Gasteiger partial charge on any atom is 0.337 e. The minimum Gasteiger partial charge on any atom is -0.273 e. The summed E-state index contributed by atoms with van der Waals surface area (Å²) in [6, 6.07) is -0.263. The molecule has 13 heavy (non-hydrogen) atoms. The van der Waals surface area contributed by atoms with Crippen LogP contribution >= 0.6 is 24.0 Å². The van der Waals surface area contributed by atoms with Gasteiger partial charge in [0.05, 0.1) is 6.00 Å². The Bertz CT molecular complexity index is 238.